The topological polar surface area (TPSA) is 54.9 Å². The van der Waals surface area contributed by atoms with Gasteiger partial charge in [0.2, 0.25) is 5.13 Å². The number of benzene rings is 1. The molecule has 1 heterocycles. The van der Waals surface area contributed by atoms with Crippen molar-refractivity contribution in [2.75, 3.05) is 5.32 Å². The van der Waals surface area contributed by atoms with Crippen LogP contribution in [0.25, 0.3) is 0 Å². The summed E-state index contributed by atoms with van der Waals surface area (Å²) in [6, 6.07) is 5.77. The third-order valence-electron chi connectivity index (χ3n) is 2.78. The van der Waals surface area contributed by atoms with Gasteiger partial charge in [0.05, 0.1) is 0 Å². The van der Waals surface area contributed by atoms with E-state index in [1.54, 1.807) is 0 Å². The lowest BCUT2D eigenvalue weighted by molar-refractivity contribution is 0.102. The Morgan fingerprint density at radius 1 is 1.32 bits per heavy atom. The molecule has 0 fully saturated rings. The lowest BCUT2D eigenvalue weighted by atomic mass is 10.1. The van der Waals surface area contributed by atoms with Crippen LogP contribution in [0.4, 0.5) is 5.13 Å². The van der Waals surface area contributed by atoms with Gasteiger partial charge in [0, 0.05) is 12.0 Å². The van der Waals surface area contributed by atoms with Crippen LogP contribution >= 0.6 is 11.3 Å². The van der Waals surface area contributed by atoms with Crippen molar-refractivity contribution in [3.8, 4) is 0 Å². The number of hydrogen-bond donors (Lipinski definition) is 1. The lowest BCUT2D eigenvalue weighted by Crippen LogP contribution is -2.13. The van der Waals surface area contributed by atoms with Gasteiger partial charge in [-0.3, -0.25) is 10.1 Å². The summed E-state index contributed by atoms with van der Waals surface area (Å²) >= 11 is 1.44. The predicted octanol–water partition coefficient (Wildman–Crippen LogP) is 3.36. The van der Waals surface area contributed by atoms with Gasteiger partial charge in [0.1, 0.15) is 5.01 Å². The first-order chi connectivity index (χ1) is 9.10. The highest BCUT2D eigenvalue weighted by Gasteiger charge is 2.12. The van der Waals surface area contributed by atoms with Gasteiger partial charge in [-0.15, -0.1) is 10.2 Å². The SMILES string of the molecule is CCCc1nnc(NC(=O)c2ccc(C)cc2C)s1. The van der Waals surface area contributed by atoms with Gasteiger partial charge < -0.3 is 0 Å². The Labute approximate surface area is 116 Å². The zero-order valence-corrected chi connectivity index (χ0v) is 12.2. The van der Waals surface area contributed by atoms with E-state index in [2.05, 4.69) is 22.4 Å². The summed E-state index contributed by atoms with van der Waals surface area (Å²) in [6.07, 6.45) is 1.93. The van der Waals surface area contributed by atoms with Crippen LogP contribution in [0.1, 0.15) is 39.8 Å². The summed E-state index contributed by atoms with van der Waals surface area (Å²) in [5.74, 6) is -0.128. The average Bonchev–Trinajstić information content (AvgIpc) is 2.76. The number of nitrogens with one attached hydrogen (secondary N) is 1. The molecule has 19 heavy (non-hydrogen) atoms. The molecular formula is C14H17N3OS. The van der Waals surface area contributed by atoms with Gasteiger partial charge in [-0.2, -0.15) is 0 Å². The number of amides is 1. The van der Waals surface area contributed by atoms with Gasteiger partial charge in [-0.05, 0) is 31.9 Å². The molecule has 100 valence electrons. The molecule has 0 atom stereocenters. The van der Waals surface area contributed by atoms with Crippen molar-refractivity contribution in [3.63, 3.8) is 0 Å². The standard InChI is InChI=1S/C14H17N3OS/c1-4-5-12-16-17-14(19-12)15-13(18)11-7-6-9(2)8-10(11)3/h6-8H,4-5H2,1-3H3,(H,15,17,18). The number of hydrogen-bond acceptors (Lipinski definition) is 4. The molecule has 0 bridgehead atoms. The largest absolute Gasteiger partial charge is 0.296 e. The molecule has 0 aliphatic rings. The van der Waals surface area contributed by atoms with Crippen molar-refractivity contribution in [3.05, 3.63) is 39.9 Å². The molecule has 2 rings (SSSR count). The second-order valence-electron chi connectivity index (χ2n) is 4.52. The molecule has 2 aromatic rings. The Bertz CT molecular complexity index is 592. The Kier molecular flexibility index (Phi) is 4.27. The van der Waals surface area contributed by atoms with Gasteiger partial charge in [0.15, 0.2) is 0 Å². The summed E-state index contributed by atoms with van der Waals surface area (Å²) in [4.78, 5) is 12.1. The molecule has 5 heteroatoms. The van der Waals surface area contributed by atoms with E-state index in [0.29, 0.717) is 10.7 Å². The van der Waals surface area contributed by atoms with Gasteiger partial charge in [-0.25, -0.2) is 0 Å². The minimum Gasteiger partial charge on any atom is -0.296 e. The number of nitrogens with zero attached hydrogens (tertiary/aromatic N) is 2. The molecule has 0 unspecified atom stereocenters. The van der Waals surface area contributed by atoms with Gasteiger partial charge >= 0.3 is 0 Å². The molecule has 1 amide bonds. The highest BCUT2D eigenvalue weighted by molar-refractivity contribution is 7.15. The highest BCUT2D eigenvalue weighted by Crippen LogP contribution is 2.18. The van der Waals surface area contributed by atoms with Gasteiger partial charge in [-0.1, -0.05) is 36.0 Å². The van der Waals surface area contributed by atoms with Crippen molar-refractivity contribution in [2.24, 2.45) is 0 Å². The molecule has 0 radical (unpaired) electrons. The minimum absolute atomic E-state index is 0.128. The van der Waals surface area contributed by atoms with Crippen LogP contribution in [0.5, 0.6) is 0 Å². The quantitative estimate of drug-likeness (QED) is 0.930. The molecule has 0 aliphatic carbocycles. The maximum atomic E-state index is 12.1. The number of rotatable bonds is 4. The predicted molar refractivity (Wildman–Crippen MR) is 77.8 cm³/mol. The first-order valence-corrected chi connectivity index (χ1v) is 7.12. The van der Waals surface area contributed by atoms with Crippen molar-refractivity contribution in [2.45, 2.75) is 33.6 Å². The first-order valence-electron chi connectivity index (χ1n) is 6.31. The smallest absolute Gasteiger partial charge is 0.257 e. The molecule has 1 N–H and O–H groups in total. The summed E-state index contributed by atoms with van der Waals surface area (Å²) in [5, 5.41) is 12.4. The number of anilines is 1. The number of aromatic nitrogens is 2. The minimum atomic E-state index is -0.128. The van der Waals surface area contributed by atoms with Crippen molar-refractivity contribution >= 4 is 22.4 Å². The molecule has 4 nitrogen and oxygen atoms in total. The summed E-state index contributed by atoms with van der Waals surface area (Å²) in [6.45, 7) is 6.04. The maximum absolute atomic E-state index is 12.1. The van der Waals surface area contributed by atoms with E-state index in [1.165, 1.54) is 11.3 Å². The van der Waals surface area contributed by atoms with Crippen LogP contribution in [0.2, 0.25) is 0 Å². The van der Waals surface area contributed by atoms with Crippen LogP contribution < -0.4 is 5.32 Å². The number of carbonyl (C=O) groups excluding carboxylic acids is 1. The monoisotopic (exact) mass is 275 g/mol. The summed E-state index contributed by atoms with van der Waals surface area (Å²) < 4.78 is 0. The van der Waals surface area contributed by atoms with Crippen LogP contribution in [0.15, 0.2) is 18.2 Å². The Balaban J connectivity index is 2.11. The summed E-state index contributed by atoms with van der Waals surface area (Å²) in [7, 11) is 0. The normalized spacial score (nSPS) is 10.5. The zero-order valence-electron chi connectivity index (χ0n) is 11.4. The fraction of sp³-hybridized carbons (Fsp3) is 0.357. The van der Waals surface area contributed by atoms with Crippen LogP contribution in [0.3, 0.4) is 0 Å². The van der Waals surface area contributed by atoms with E-state index in [9.17, 15) is 4.79 Å². The molecule has 1 aromatic heterocycles. The number of carbonyl (C=O) groups is 1. The fourth-order valence-electron chi connectivity index (χ4n) is 1.85. The van der Waals surface area contributed by atoms with Crippen LogP contribution in [0, 0.1) is 13.8 Å². The van der Waals surface area contributed by atoms with E-state index in [4.69, 9.17) is 0 Å². The highest BCUT2D eigenvalue weighted by atomic mass is 32.1. The van der Waals surface area contributed by atoms with Crippen molar-refractivity contribution < 1.29 is 4.79 Å². The molecule has 0 aliphatic heterocycles. The molecule has 0 spiro atoms. The second kappa shape index (κ2) is 5.93. The first kappa shape index (κ1) is 13.7. The van der Waals surface area contributed by atoms with Crippen LogP contribution in [-0.4, -0.2) is 16.1 Å². The molecule has 0 saturated heterocycles. The zero-order chi connectivity index (χ0) is 13.8. The second-order valence-corrected chi connectivity index (χ2v) is 5.59. The fourth-order valence-corrected chi connectivity index (χ4v) is 2.69. The molecule has 1 aromatic carbocycles. The van der Waals surface area contributed by atoms with Gasteiger partial charge in [0.25, 0.3) is 5.91 Å². The Hall–Kier alpha value is -1.75. The van der Waals surface area contributed by atoms with Crippen molar-refractivity contribution in [1.82, 2.24) is 10.2 Å². The lowest BCUT2D eigenvalue weighted by Gasteiger charge is -2.05. The Morgan fingerprint density at radius 3 is 2.79 bits per heavy atom. The Morgan fingerprint density at radius 2 is 2.11 bits per heavy atom. The third kappa shape index (κ3) is 3.38. The number of aryl methyl sites for hydroxylation is 3. The van der Waals surface area contributed by atoms with Crippen LogP contribution in [-0.2, 0) is 6.42 Å². The van der Waals surface area contributed by atoms with E-state index >= 15 is 0 Å². The maximum Gasteiger partial charge on any atom is 0.257 e. The molecular weight excluding hydrogens is 258 g/mol. The molecule has 0 saturated carbocycles. The van der Waals surface area contributed by atoms with E-state index in [-0.39, 0.29) is 5.91 Å². The van der Waals surface area contributed by atoms with E-state index in [1.807, 2.05) is 32.0 Å². The van der Waals surface area contributed by atoms with E-state index < -0.39 is 0 Å². The summed E-state index contributed by atoms with van der Waals surface area (Å²) in [5.41, 5.74) is 2.80. The van der Waals surface area contributed by atoms with E-state index in [0.717, 1.165) is 29.0 Å². The third-order valence-corrected chi connectivity index (χ3v) is 3.68. The average molecular weight is 275 g/mol. The van der Waals surface area contributed by atoms with Crippen molar-refractivity contribution in [1.29, 1.82) is 0 Å².